The number of hydrogen-bond acceptors (Lipinski definition) is 4. The zero-order valence-electron chi connectivity index (χ0n) is 15.8. The first-order valence-electron chi connectivity index (χ1n) is 9.32. The highest BCUT2D eigenvalue weighted by molar-refractivity contribution is 6.00. The van der Waals surface area contributed by atoms with E-state index in [1.54, 1.807) is 13.0 Å². The van der Waals surface area contributed by atoms with Crippen molar-refractivity contribution in [1.29, 1.82) is 0 Å². The van der Waals surface area contributed by atoms with Gasteiger partial charge < -0.3 is 15.0 Å². The van der Waals surface area contributed by atoms with Gasteiger partial charge in [-0.1, -0.05) is 6.92 Å². The second kappa shape index (κ2) is 7.82. The van der Waals surface area contributed by atoms with Crippen molar-refractivity contribution < 1.29 is 19.1 Å². The van der Waals surface area contributed by atoms with E-state index >= 15 is 0 Å². The van der Waals surface area contributed by atoms with Crippen molar-refractivity contribution in [3.05, 3.63) is 35.0 Å². The van der Waals surface area contributed by atoms with Gasteiger partial charge in [0.15, 0.2) is 6.10 Å². The molecule has 2 aromatic rings. The van der Waals surface area contributed by atoms with Crippen LogP contribution in [0.4, 0.5) is 4.79 Å². The van der Waals surface area contributed by atoms with Crippen LogP contribution in [0.2, 0.25) is 0 Å². The summed E-state index contributed by atoms with van der Waals surface area (Å²) in [5.74, 6) is -0.637. The van der Waals surface area contributed by atoms with Crippen LogP contribution < -0.4 is 10.6 Å². The molecule has 1 aromatic carbocycles. The standard InChI is InChI=1S/C20H25N3O4/c1-4-21-20(26)23-18(24)12(3)27-19(25)13-6-8-17-15(10-13)14-9-11(2)5-7-16(14)22-17/h6,8,10-12,22H,4-5,7,9H2,1-3H3,(H2,21,23,24,26)/t11-,12+/m0/s1. The van der Waals surface area contributed by atoms with Crippen molar-refractivity contribution in [2.75, 3.05) is 6.54 Å². The molecule has 2 atom stereocenters. The number of imide groups is 1. The van der Waals surface area contributed by atoms with Crippen molar-refractivity contribution in [3.8, 4) is 0 Å². The maximum absolute atomic E-state index is 12.5. The van der Waals surface area contributed by atoms with Gasteiger partial charge in [0.05, 0.1) is 5.56 Å². The topological polar surface area (TPSA) is 100 Å². The van der Waals surface area contributed by atoms with Crippen LogP contribution in [0, 0.1) is 5.92 Å². The molecule has 7 nitrogen and oxygen atoms in total. The number of benzene rings is 1. The Morgan fingerprint density at radius 3 is 2.85 bits per heavy atom. The fourth-order valence-electron chi connectivity index (χ4n) is 3.42. The number of esters is 1. The number of hydrogen-bond donors (Lipinski definition) is 3. The van der Waals surface area contributed by atoms with Crippen molar-refractivity contribution in [2.45, 2.75) is 46.1 Å². The quantitative estimate of drug-likeness (QED) is 0.719. The Morgan fingerprint density at radius 2 is 2.11 bits per heavy atom. The summed E-state index contributed by atoms with van der Waals surface area (Å²) in [5, 5.41) is 5.62. The lowest BCUT2D eigenvalue weighted by atomic mass is 9.87. The number of H-pyrrole nitrogens is 1. The van der Waals surface area contributed by atoms with Crippen LogP contribution in [0.3, 0.4) is 0 Å². The van der Waals surface area contributed by atoms with Crippen molar-refractivity contribution in [3.63, 3.8) is 0 Å². The number of ether oxygens (including phenoxy) is 1. The van der Waals surface area contributed by atoms with Gasteiger partial charge in [0, 0.05) is 23.1 Å². The molecular formula is C20H25N3O4. The number of nitrogens with one attached hydrogen (secondary N) is 3. The van der Waals surface area contributed by atoms with Gasteiger partial charge in [-0.25, -0.2) is 9.59 Å². The van der Waals surface area contributed by atoms with Crippen molar-refractivity contribution in [2.24, 2.45) is 5.92 Å². The van der Waals surface area contributed by atoms with E-state index in [1.165, 1.54) is 18.2 Å². The van der Waals surface area contributed by atoms with E-state index in [0.717, 1.165) is 30.2 Å². The molecule has 27 heavy (non-hydrogen) atoms. The number of urea groups is 1. The van der Waals surface area contributed by atoms with E-state index in [9.17, 15) is 14.4 Å². The third-order valence-electron chi connectivity index (χ3n) is 4.90. The minimum atomic E-state index is -1.07. The zero-order valence-corrected chi connectivity index (χ0v) is 15.8. The summed E-state index contributed by atoms with van der Waals surface area (Å²) in [6.45, 7) is 5.80. The molecule has 7 heteroatoms. The first-order chi connectivity index (χ1) is 12.9. The first-order valence-corrected chi connectivity index (χ1v) is 9.32. The van der Waals surface area contributed by atoms with E-state index < -0.39 is 24.0 Å². The lowest BCUT2D eigenvalue weighted by Crippen LogP contribution is -2.44. The van der Waals surface area contributed by atoms with E-state index in [4.69, 9.17) is 4.74 Å². The molecule has 3 rings (SSSR count). The minimum Gasteiger partial charge on any atom is -0.449 e. The Labute approximate surface area is 157 Å². The fraction of sp³-hybridized carbons (Fsp3) is 0.450. The molecule has 0 radical (unpaired) electrons. The summed E-state index contributed by atoms with van der Waals surface area (Å²) >= 11 is 0. The van der Waals surface area contributed by atoms with Gasteiger partial charge in [-0.3, -0.25) is 10.1 Å². The van der Waals surface area contributed by atoms with Gasteiger partial charge in [0.2, 0.25) is 0 Å². The van der Waals surface area contributed by atoms with Gasteiger partial charge in [-0.15, -0.1) is 0 Å². The minimum absolute atomic E-state index is 0.389. The maximum atomic E-state index is 12.5. The second-order valence-corrected chi connectivity index (χ2v) is 7.09. The van der Waals surface area contributed by atoms with Gasteiger partial charge in [0.1, 0.15) is 0 Å². The molecular weight excluding hydrogens is 346 g/mol. The highest BCUT2D eigenvalue weighted by Crippen LogP contribution is 2.32. The largest absolute Gasteiger partial charge is 0.449 e. The molecule has 1 aliphatic rings. The van der Waals surface area contributed by atoms with Gasteiger partial charge >= 0.3 is 12.0 Å². The predicted octanol–water partition coefficient (Wildman–Crippen LogP) is 2.68. The lowest BCUT2D eigenvalue weighted by Gasteiger charge is -2.18. The highest BCUT2D eigenvalue weighted by atomic mass is 16.5. The third-order valence-corrected chi connectivity index (χ3v) is 4.90. The lowest BCUT2D eigenvalue weighted by molar-refractivity contribution is -0.127. The second-order valence-electron chi connectivity index (χ2n) is 7.09. The van der Waals surface area contributed by atoms with Gasteiger partial charge in [-0.2, -0.15) is 0 Å². The van der Waals surface area contributed by atoms with Crippen LogP contribution in [0.1, 0.15) is 48.8 Å². The molecule has 0 fully saturated rings. The molecule has 0 unspecified atom stereocenters. The van der Waals surface area contributed by atoms with Crippen LogP contribution >= 0.6 is 0 Å². The number of aryl methyl sites for hydroxylation is 1. The van der Waals surface area contributed by atoms with Gasteiger partial charge in [-0.05, 0) is 62.8 Å². The monoisotopic (exact) mass is 371 g/mol. The molecule has 1 aliphatic carbocycles. The Balaban J connectivity index is 1.73. The molecule has 0 saturated carbocycles. The average molecular weight is 371 g/mol. The number of carbonyl (C=O) groups excluding carboxylic acids is 3. The van der Waals surface area contributed by atoms with Crippen LogP contribution in [-0.4, -0.2) is 35.5 Å². The zero-order chi connectivity index (χ0) is 19.6. The van der Waals surface area contributed by atoms with Crippen molar-refractivity contribution in [1.82, 2.24) is 15.6 Å². The van der Waals surface area contributed by atoms with Crippen LogP contribution in [0.5, 0.6) is 0 Å². The molecule has 1 heterocycles. The number of aromatic amines is 1. The third kappa shape index (κ3) is 4.13. The van der Waals surface area contributed by atoms with Crippen LogP contribution in [0.15, 0.2) is 18.2 Å². The summed E-state index contributed by atoms with van der Waals surface area (Å²) in [6.07, 6.45) is 2.09. The van der Waals surface area contributed by atoms with Gasteiger partial charge in [0.25, 0.3) is 5.91 Å². The van der Waals surface area contributed by atoms with Crippen LogP contribution in [-0.2, 0) is 22.4 Å². The molecule has 0 bridgehead atoms. The molecule has 3 amide bonds. The molecule has 0 spiro atoms. The molecule has 0 aliphatic heterocycles. The Bertz CT molecular complexity index is 887. The Morgan fingerprint density at radius 1 is 1.33 bits per heavy atom. The summed E-state index contributed by atoms with van der Waals surface area (Å²) in [5.41, 5.74) is 3.90. The summed E-state index contributed by atoms with van der Waals surface area (Å²) in [6, 6.07) is 4.76. The Kier molecular flexibility index (Phi) is 5.48. The van der Waals surface area contributed by atoms with E-state index in [2.05, 4.69) is 22.5 Å². The predicted molar refractivity (Wildman–Crippen MR) is 102 cm³/mol. The average Bonchev–Trinajstić information content (AvgIpc) is 2.98. The highest BCUT2D eigenvalue weighted by Gasteiger charge is 2.23. The first kappa shape index (κ1) is 18.9. The number of aromatic nitrogens is 1. The maximum Gasteiger partial charge on any atom is 0.338 e. The van der Waals surface area contributed by atoms with E-state index in [-0.39, 0.29) is 0 Å². The molecule has 3 N–H and O–H groups in total. The molecule has 0 saturated heterocycles. The Hall–Kier alpha value is -2.83. The van der Waals surface area contributed by atoms with Crippen molar-refractivity contribution >= 4 is 28.8 Å². The SMILES string of the molecule is CCNC(=O)NC(=O)[C@@H](C)OC(=O)c1ccc2[nH]c3c(c2c1)C[C@@H](C)CC3. The number of fused-ring (bicyclic) bond motifs is 3. The summed E-state index contributed by atoms with van der Waals surface area (Å²) in [7, 11) is 0. The molecule has 144 valence electrons. The smallest absolute Gasteiger partial charge is 0.338 e. The number of amides is 3. The number of rotatable bonds is 4. The van der Waals surface area contributed by atoms with E-state index in [1.807, 2.05) is 12.1 Å². The number of carbonyl (C=O) groups is 3. The van der Waals surface area contributed by atoms with Crippen LogP contribution in [0.25, 0.3) is 10.9 Å². The fourth-order valence-corrected chi connectivity index (χ4v) is 3.42. The summed E-state index contributed by atoms with van der Waals surface area (Å²) < 4.78 is 5.23. The normalized spacial score (nSPS) is 17.1. The van der Waals surface area contributed by atoms with E-state index in [0.29, 0.717) is 18.0 Å². The summed E-state index contributed by atoms with van der Waals surface area (Å²) in [4.78, 5) is 39.2. The molecule has 1 aromatic heterocycles.